The van der Waals surface area contributed by atoms with Crippen LogP contribution in [-0.4, -0.2) is 48.2 Å². The Morgan fingerprint density at radius 1 is 1.11 bits per heavy atom. The molecule has 0 unspecified atom stereocenters. The Kier molecular flexibility index (Phi) is 6.82. The van der Waals surface area contributed by atoms with E-state index in [1.807, 2.05) is 0 Å². The fourth-order valence-corrected chi connectivity index (χ4v) is 3.33. The third-order valence-corrected chi connectivity index (χ3v) is 5.82. The van der Waals surface area contributed by atoms with Crippen LogP contribution in [-0.2, 0) is 12.0 Å². The van der Waals surface area contributed by atoms with E-state index in [0.717, 1.165) is 19.9 Å². The van der Waals surface area contributed by atoms with Crippen LogP contribution in [0.5, 0.6) is 0 Å². The second-order valence-corrected chi connectivity index (χ2v) is 8.93. The minimum Gasteiger partial charge on any atom is -0.350 e. The van der Waals surface area contributed by atoms with Crippen LogP contribution in [0.2, 0.25) is 0 Å². The molecule has 0 bridgehead atoms. The van der Waals surface area contributed by atoms with Crippen molar-refractivity contribution in [2.75, 3.05) is 0 Å². The topological polar surface area (TPSA) is 140 Å². The molecule has 4 aromatic rings. The van der Waals surface area contributed by atoms with Crippen LogP contribution in [0.4, 0.5) is 17.6 Å². The number of carbonyl (C=O) groups excluding carboxylic acids is 2. The number of nitrogens with one attached hydrogen (secondary N) is 2. The Morgan fingerprint density at radius 2 is 1.84 bits per heavy atom. The molecule has 38 heavy (non-hydrogen) atoms. The number of ketones is 1. The van der Waals surface area contributed by atoms with Crippen LogP contribution >= 0.6 is 0 Å². The number of aromatic nitrogens is 6. The second kappa shape index (κ2) is 9.76. The van der Waals surface area contributed by atoms with E-state index in [-0.39, 0.29) is 46.6 Å². The summed E-state index contributed by atoms with van der Waals surface area (Å²) in [7, 11) is 0. The van der Waals surface area contributed by atoms with Crippen molar-refractivity contribution >= 4 is 11.7 Å². The highest BCUT2D eigenvalue weighted by Crippen LogP contribution is 2.38. The maximum absolute atomic E-state index is 14.6. The van der Waals surface area contributed by atoms with Gasteiger partial charge >= 0.3 is 6.18 Å². The number of aryl methyl sites for hydroxylation is 1. The van der Waals surface area contributed by atoms with Crippen molar-refractivity contribution in [3.05, 3.63) is 64.9 Å². The van der Waals surface area contributed by atoms with E-state index in [1.165, 1.54) is 31.3 Å². The Hall–Kier alpha value is -4.49. The molecular formula is C24H21F4N7O3. The summed E-state index contributed by atoms with van der Waals surface area (Å²) in [6.07, 6.45) is -3.17. The summed E-state index contributed by atoms with van der Waals surface area (Å²) in [4.78, 5) is 36.2. The zero-order valence-electron chi connectivity index (χ0n) is 20.6. The summed E-state index contributed by atoms with van der Waals surface area (Å²) >= 11 is 0. The number of carbonyl (C=O) groups is 2. The van der Waals surface area contributed by atoms with Gasteiger partial charge in [-0.15, -0.1) is 0 Å². The van der Waals surface area contributed by atoms with Gasteiger partial charge in [0.1, 0.15) is 17.1 Å². The highest BCUT2D eigenvalue weighted by molar-refractivity contribution is 5.94. The first-order valence-electron chi connectivity index (χ1n) is 11.2. The highest BCUT2D eigenvalue weighted by Gasteiger charge is 2.51. The molecule has 0 aliphatic heterocycles. The van der Waals surface area contributed by atoms with Gasteiger partial charge in [-0.05, 0) is 33.8 Å². The van der Waals surface area contributed by atoms with Gasteiger partial charge in [0, 0.05) is 34.6 Å². The van der Waals surface area contributed by atoms with Crippen LogP contribution in [0.25, 0.3) is 22.6 Å². The van der Waals surface area contributed by atoms with Crippen LogP contribution in [0.1, 0.15) is 59.0 Å². The molecule has 0 fully saturated rings. The van der Waals surface area contributed by atoms with Crippen molar-refractivity contribution < 1.29 is 31.7 Å². The number of nitrogens with zero attached hydrogens (tertiary/aromatic N) is 5. The summed E-state index contributed by atoms with van der Waals surface area (Å²) in [6, 6.07) is 5.40. The zero-order valence-corrected chi connectivity index (χ0v) is 20.6. The number of hydrogen-bond acceptors (Lipinski definition) is 8. The Labute approximate surface area is 212 Å². The Balaban J connectivity index is 1.45. The van der Waals surface area contributed by atoms with Gasteiger partial charge in [0.05, 0.1) is 6.54 Å². The van der Waals surface area contributed by atoms with Crippen molar-refractivity contribution in [1.29, 1.82) is 0 Å². The predicted octanol–water partition coefficient (Wildman–Crippen LogP) is 4.34. The van der Waals surface area contributed by atoms with E-state index in [9.17, 15) is 27.2 Å². The molecule has 1 aromatic carbocycles. The standard InChI is InChI=1S/C24H21F4N7O3/c1-11-15(14-6-5-13(12(2)36)7-16(14)25)9-29-20(31-11)17-8-18(38-35-17)21(37)30-10-19-32-22(34-33-19)23(3,4)24(26,27)28/h5-9H,10H2,1-4H3,(H,30,37)(H,32,33,34). The van der Waals surface area contributed by atoms with E-state index < -0.39 is 29.1 Å². The first kappa shape index (κ1) is 26.6. The first-order valence-corrected chi connectivity index (χ1v) is 11.2. The molecular weight excluding hydrogens is 510 g/mol. The maximum atomic E-state index is 14.6. The summed E-state index contributed by atoms with van der Waals surface area (Å²) in [5.74, 6) is -2.10. The lowest BCUT2D eigenvalue weighted by molar-refractivity contribution is -0.182. The zero-order chi connectivity index (χ0) is 27.8. The first-order chi connectivity index (χ1) is 17.8. The van der Waals surface area contributed by atoms with E-state index in [2.05, 4.69) is 35.6 Å². The summed E-state index contributed by atoms with van der Waals surface area (Å²) in [5.41, 5.74) is -0.865. The normalized spacial score (nSPS) is 12.0. The lowest BCUT2D eigenvalue weighted by atomic mass is 9.92. The van der Waals surface area contributed by atoms with Crippen LogP contribution in [0.3, 0.4) is 0 Å². The van der Waals surface area contributed by atoms with Gasteiger partial charge in [0.15, 0.2) is 23.1 Å². The molecule has 0 aliphatic rings. The Morgan fingerprint density at radius 3 is 2.47 bits per heavy atom. The third kappa shape index (κ3) is 5.14. The summed E-state index contributed by atoms with van der Waals surface area (Å²) < 4.78 is 59.1. The molecule has 1 amide bonds. The van der Waals surface area contributed by atoms with Gasteiger partial charge in [-0.3, -0.25) is 14.7 Å². The van der Waals surface area contributed by atoms with Crippen LogP contribution in [0.15, 0.2) is 35.0 Å². The van der Waals surface area contributed by atoms with Gasteiger partial charge in [0.25, 0.3) is 5.91 Å². The quantitative estimate of drug-likeness (QED) is 0.265. The monoisotopic (exact) mass is 531 g/mol. The fourth-order valence-electron chi connectivity index (χ4n) is 3.33. The predicted molar refractivity (Wildman–Crippen MR) is 124 cm³/mol. The highest BCUT2D eigenvalue weighted by atomic mass is 19.4. The van der Waals surface area contributed by atoms with E-state index >= 15 is 0 Å². The van der Waals surface area contributed by atoms with Gasteiger partial charge < -0.3 is 9.84 Å². The van der Waals surface area contributed by atoms with E-state index in [0.29, 0.717) is 11.3 Å². The van der Waals surface area contributed by atoms with Gasteiger partial charge in [-0.25, -0.2) is 19.3 Å². The minimum atomic E-state index is -4.56. The van der Waals surface area contributed by atoms with Gasteiger partial charge in [-0.1, -0.05) is 17.3 Å². The summed E-state index contributed by atoms with van der Waals surface area (Å²) in [6.45, 7) is 4.64. The summed E-state index contributed by atoms with van der Waals surface area (Å²) in [5, 5.41) is 12.2. The molecule has 2 N–H and O–H groups in total. The number of amides is 1. The Bertz CT molecular complexity index is 1530. The van der Waals surface area contributed by atoms with Crippen LogP contribution < -0.4 is 5.32 Å². The molecule has 3 heterocycles. The van der Waals surface area contributed by atoms with Crippen molar-refractivity contribution in [1.82, 2.24) is 35.6 Å². The average molecular weight is 531 g/mol. The maximum Gasteiger partial charge on any atom is 0.401 e. The molecule has 198 valence electrons. The molecule has 0 saturated heterocycles. The molecule has 0 spiro atoms. The number of rotatable bonds is 7. The SMILES string of the molecule is CC(=O)c1ccc(-c2cnc(-c3cc(C(=O)NCc4nc(C(C)(C)C(F)(F)F)n[nH]4)on3)nc2C)c(F)c1. The number of aromatic amines is 1. The molecule has 10 nitrogen and oxygen atoms in total. The lowest BCUT2D eigenvalue weighted by Crippen LogP contribution is -2.37. The molecule has 3 aromatic heterocycles. The molecule has 14 heteroatoms. The fraction of sp³-hybridized carbons (Fsp3) is 0.292. The van der Waals surface area contributed by atoms with Crippen LogP contribution in [0, 0.1) is 12.7 Å². The number of hydrogen-bond donors (Lipinski definition) is 2. The molecule has 0 atom stereocenters. The van der Waals surface area contributed by atoms with Crippen molar-refractivity contribution in [2.24, 2.45) is 0 Å². The van der Waals surface area contributed by atoms with E-state index in [1.54, 1.807) is 6.92 Å². The van der Waals surface area contributed by atoms with E-state index in [4.69, 9.17) is 4.52 Å². The lowest BCUT2D eigenvalue weighted by Gasteiger charge is -2.24. The number of H-pyrrole nitrogens is 1. The molecule has 0 saturated carbocycles. The van der Waals surface area contributed by atoms with Gasteiger partial charge in [0.2, 0.25) is 5.76 Å². The number of alkyl halides is 3. The molecule has 4 rings (SSSR count). The van der Waals surface area contributed by atoms with Crippen molar-refractivity contribution in [3.63, 3.8) is 0 Å². The number of benzene rings is 1. The minimum absolute atomic E-state index is 0.0172. The van der Waals surface area contributed by atoms with Gasteiger partial charge in [-0.2, -0.15) is 18.3 Å². The molecule has 0 aliphatic carbocycles. The second-order valence-electron chi connectivity index (χ2n) is 8.93. The third-order valence-electron chi connectivity index (χ3n) is 5.82. The largest absolute Gasteiger partial charge is 0.401 e. The van der Waals surface area contributed by atoms with Crippen molar-refractivity contribution in [2.45, 2.75) is 45.8 Å². The molecule has 0 radical (unpaired) electrons. The van der Waals surface area contributed by atoms with Crippen molar-refractivity contribution in [3.8, 4) is 22.6 Å². The number of Topliss-reactive ketones (excluding diaryl/α,β-unsaturated/α-hetero) is 1. The number of halogens is 4. The average Bonchev–Trinajstić information content (AvgIpc) is 3.52. The smallest absolute Gasteiger partial charge is 0.350 e.